The van der Waals surface area contributed by atoms with Gasteiger partial charge in [0.25, 0.3) is 0 Å². The van der Waals surface area contributed by atoms with Crippen molar-refractivity contribution >= 4 is 11.8 Å². The molecule has 0 aliphatic carbocycles. The molecule has 1 atom stereocenters. The summed E-state index contributed by atoms with van der Waals surface area (Å²) >= 11 is 0. The lowest BCUT2D eigenvalue weighted by atomic mass is 9.97. The Kier molecular flexibility index (Phi) is 6.20. The molecule has 1 aliphatic rings. The standard InChI is InChI=1S/C18H26N2O4/c1-18(17(22)19-11-4-12-23-2)10-9-16(21)20(18)13-14-5-7-15(24-3)8-6-14/h5-8H,4,9-13H2,1-3H3,(H,19,22)/t18-/m1/s1. The molecular formula is C18H26N2O4. The molecule has 24 heavy (non-hydrogen) atoms. The monoisotopic (exact) mass is 334 g/mol. The molecule has 0 saturated carbocycles. The number of ether oxygens (including phenoxy) is 2. The molecule has 1 aliphatic heterocycles. The quantitative estimate of drug-likeness (QED) is 0.735. The number of amides is 2. The van der Waals surface area contributed by atoms with Crippen molar-refractivity contribution in [2.75, 3.05) is 27.4 Å². The maximum Gasteiger partial charge on any atom is 0.245 e. The number of hydrogen-bond donors (Lipinski definition) is 1. The Morgan fingerprint density at radius 2 is 2.00 bits per heavy atom. The maximum atomic E-state index is 12.6. The van der Waals surface area contributed by atoms with Gasteiger partial charge in [0.15, 0.2) is 0 Å². The molecule has 0 aromatic heterocycles. The first-order valence-corrected chi connectivity index (χ1v) is 8.22. The van der Waals surface area contributed by atoms with Gasteiger partial charge in [0.2, 0.25) is 11.8 Å². The summed E-state index contributed by atoms with van der Waals surface area (Å²) in [6.45, 7) is 3.41. The first-order chi connectivity index (χ1) is 11.5. The first-order valence-electron chi connectivity index (χ1n) is 8.22. The van der Waals surface area contributed by atoms with E-state index in [0.717, 1.165) is 17.7 Å². The molecule has 0 spiro atoms. The normalized spacial score (nSPS) is 20.3. The fourth-order valence-corrected chi connectivity index (χ4v) is 2.92. The zero-order valence-electron chi connectivity index (χ0n) is 14.6. The van der Waals surface area contributed by atoms with Crippen LogP contribution in [-0.2, 0) is 20.9 Å². The van der Waals surface area contributed by atoms with Crippen molar-refractivity contribution in [3.05, 3.63) is 29.8 Å². The molecular weight excluding hydrogens is 308 g/mol. The van der Waals surface area contributed by atoms with Crippen molar-refractivity contribution in [1.29, 1.82) is 0 Å². The van der Waals surface area contributed by atoms with E-state index in [2.05, 4.69) is 5.32 Å². The van der Waals surface area contributed by atoms with Crippen LogP contribution in [0.15, 0.2) is 24.3 Å². The maximum absolute atomic E-state index is 12.6. The van der Waals surface area contributed by atoms with Gasteiger partial charge in [-0.25, -0.2) is 0 Å². The smallest absolute Gasteiger partial charge is 0.245 e. The Balaban J connectivity index is 2.04. The number of likely N-dealkylation sites (tertiary alicyclic amines) is 1. The highest BCUT2D eigenvalue weighted by atomic mass is 16.5. The second kappa shape index (κ2) is 8.15. The number of carbonyl (C=O) groups excluding carboxylic acids is 2. The summed E-state index contributed by atoms with van der Waals surface area (Å²) in [5, 5.41) is 2.92. The SMILES string of the molecule is COCCCNC(=O)[C@@]1(C)CCC(=O)N1Cc1ccc(OC)cc1. The summed E-state index contributed by atoms with van der Waals surface area (Å²) in [4.78, 5) is 26.6. The predicted octanol–water partition coefficient (Wildman–Crippen LogP) is 1.73. The third-order valence-electron chi connectivity index (χ3n) is 4.52. The van der Waals surface area contributed by atoms with E-state index in [1.54, 1.807) is 19.1 Å². The molecule has 132 valence electrons. The van der Waals surface area contributed by atoms with Crippen LogP contribution in [0.5, 0.6) is 5.75 Å². The van der Waals surface area contributed by atoms with Gasteiger partial charge in [0.05, 0.1) is 7.11 Å². The van der Waals surface area contributed by atoms with Crippen LogP contribution in [0.25, 0.3) is 0 Å². The summed E-state index contributed by atoms with van der Waals surface area (Å²) in [7, 11) is 3.25. The number of rotatable bonds is 8. The van der Waals surface area contributed by atoms with Crippen LogP contribution in [0, 0.1) is 0 Å². The topological polar surface area (TPSA) is 67.9 Å². The van der Waals surface area contributed by atoms with Crippen LogP contribution < -0.4 is 10.1 Å². The zero-order valence-corrected chi connectivity index (χ0v) is 14.6. The Bertz CT molecular complexity index is 573. The van der Waals surface area contributed by atoms with E-state index in [-0.39, 0.29) is 11.8 Å². The number of nitrogens with zero attached hydrogens (tertiary/aromatic N) is 1. The van der Waals surface area contributed by atoms with Crippen molar-refractivity contribution < 1.29 is 19.1 Å². The lowest BCUT2D eigenvalue weighted by Gasteiger charge is -2.34. The minimum atomic E-state index is -0.802. The molecule has 1 fully saturated rings. The van der Waals surface area contributed by atoms with Gasteiger partial charge in [-0.05, 0) is 37.5 Å². The molecule has 2 rings (SSSR count). The van der Waals surface area contributed by atoms with Gasteiger partial charge in [-0.2, -0.15) is 0 Å². The van der Waals surface area contributed by atoms with E-state index in [0.29, 0.717) is 32.5 Å². The average Bonchev–Trinajstić information content (AvgIpc) is 2.89. The molecule has 1 heterocycles. The highest BCUT2D eigenvalue weighted by Gasteiger charge is 2.46. The molecule has 1 aromatic rings. The molecule has 6 heteroatoms. The fourth-order valence-electron chi connectivity index (χ4n) is 2.92. The van der Waals surface area contributed by atoms with Gasteiger partial charge in [-0.3, -0.25) is 9.59 Å². The fraction of sp³-hybridized carbons (Fsp3) is 0.556. The zero-order chi connectivity index (χ0) is 17.6. The third-order valence-corrected chi connectivity index (χ3v) is 4.52. The molecule has 0 unspecified atom stereocenters. The van der Waals surface area contributed by atoms with E-state index in [4.69, 9.17) is 9.47 Å². The number of methoxy groups -OCH3 is 2. The van der Waals surface area contributed by atoms with Crippen molar-refractivity contribution in [3.63, 3.8) is 0 Å². The predicted molar refractivity (Wildman–Crippen MR) is 90.7 cm³/mol. The highest BCUT2D eigenvalue weighted by Crippen LogP contribution is 2.32. The molecule has 1 aromatic carbocycles. The average molecular weight is 334 g/mol. The Morgan fingerprint density at radius 3 is 2.62 bits per heavy atom. The Labute approximate surface area is 143 Å². The lowest BCUT2D eigenvalue weighted by molar-refractivity contribution is -0.141. The van der Waals surface area contributed by atoms with E-state index >= 15 is 0 Å². The van der Waals surface area contributed by atoms with Crippen LogP contribution in [-0.4, -0.2) is 49.6 Å². The van der Waals surface area contributed by atoms with E-state index in [1.807, 2.05) is 31.2 Å². The Morgan fingerprint density at radius 1 is 1.29 bits per heavy atom. The van der Waals surface area contributed by atoms with Gasteiger partial charge in [0, 0.05) is 33.2 Å². The molecule has 2 amide bonds. The van der Waals surface area contributed by atoms with E-state index in [9.17, 15) is 9.59 Å². The Hall–Kier alpha value is -2.08. The van der Waals surface area contributed by atoms with Gasteiger partial charge in [0.1, 0.15) is 11.3 Å². The molecule has 0 bridgehead atoms. The molecule has 0 radical (unpaired) electrons. The van der Waals surface area contributed by atoms with Gasteiger partial charge in [-0.15, -0.1) is 0 Å². The second-order valence-corrected chi connectivity index (χ2v) is 6.20. The van der Waals surface area contributed by atoms with Gasteiger partial charge >= 0.3 is 0 Å². The van der Waals surface area contributed by atoms with Crippen molar-refractivity contribution in [2.45, 2.75) is 38.3 Å². The van der Waals surface area contributed by atoms with E-state index in [1.165, 1.54) is 0 Å². The van der Waals surface area contributed by atoms with Crippen LogP contribution >= 0.6 is 0 Å². The van der Waals surface area contributed by atoms with Crippen LogP contribution in [0.2, 0.25) is 0 Å². The van der Waals surface area contributed by atoms with Crippen molar-refractivity contribution in [3.8, 4) is 5.75 Å². The molecule has 1 saturated heterocycles. The summed E-state index contributed by atoms with van der Waals surface area (Å²) in [5.74, 6) is 0.684. The first kappa shape index (κ1) is 18.3. The second-order valence-electron chi connectivity index (χ2n) is 6.20. The largest absolute Gasteiger partial charge is 0.497 e. The summed E-state index contributed by atoms with van der Waals surface area (Å²) < 4.78 is 10.1. The summed E-state index contributed by atoms with van der Waals surface area (Å²) in [6.07, 6.45) is 1.70. The highest BCUT2D eigenvalue weighted by molar-refractivity contribution is 5.94. The lowest BCUT2D eigenvalue weighted by Crippen LogP contribution is -2.54. The number of nitrogens with one attached hydrogen (secondary N) is 1. The minimum absolute atomic E-state index is 0.0142. The summed E-state index contributed by atoms with van der Waals surface area (Å²) in [6, 6.07) is 7.55. The van der Waals surface area contributed by atoms with Crippen LogP contribution in [0.1, 0.15) is 31.7 Å². The molecule has 6 nitrogen and oxygen atoms in total. The third kappa shape index (κ3) is 4.06. The number of hydrogen-bond acceptors (Lipinski definition) is 4. The summed E-state index contributed by atoms with van der Waals surface area (Å²) in [5.41, 5.74) is 0.175. The molecule has 1 N–H and O–H groups in total. The van der Waals surface area contributed by atoms with E-state index < -0.39 is 5.54 Å². The number of benzene rings is 1. The number of carbonyl (C=O) groups is 2. The van der Waals surface area contributed by atoms with Crippen LogP contribution in [0.4, 0.5) is 0 Å². The van der Waals surface area contributed by atoms with Gasteiger partial charge in [-0.1, -0.05) is 12.1 Å². The van der Waals surface area contributed by atoms with Crippen molar-refractivity contribution in [1.82, 2.24) is 10.2 Å². The van der Waals surface area contributed by atoms with Gasteiger partial charge < -0.3 is 19.7 Å². The minimum Gasteiger partial charge on any atom is -0.497 e. The van der Waals surface area contributed by atoms with Crippen molar-refractivity contribution in [2.24, 2.45) is 0 Å². The van der Waals surface area contributed by atoms with Crippen LogP contribution in [0.3, 0.4) is 0 Å².